The Morgan fingerprint density at radius 2 is 1.66 bits per heavy atom. The number of para-hydroxylation sites is 1. The summed E-state index contributed by atoms with van der Waals surface area (Å²) in [5.74, 6) is -2.18. The van der Waals surface area contributed by atoms with Crippen molar-refractivity contribution in [3.05, 3.63) is 81.0 Å². The van der Waals surface area contributed by atoms with E-state index >= 15 is 0 Å². The number of benzene rings is 2. The molecule has 0 saturated carbocycles. The second-order valence-corrected chi connectivity index (χ2v) is 7.95. The summed E-state index contributed by atoms with van der Waals surface area (Å²) in [5.41, 5.74) is -0.0267. The molecule has 168 valence electrons. The molecule has 0 aliphatic rings. The molecule has 2 aromatic carbocycles. The molecular weight excluding hydrogens is 410 g/mol. The third-order valence-electron chi connectivity index (χ3n) is 5.87. The zero-order valence-electron chi connectivity index (χ0n) is 18.3. The fraction of sp³-hybridized carbons (Fsp3) is 0.333. The van der Waals surface area contributed by atoms with E-state index in [1.54, 1.807) is 55.5 Å². The summed E-state index contributed by atoms with van der Waals surface area (Å²) in [6.45, 7) is 3.56. The van der Waals surface area contributed by atoms with Crippen molar-refractivity contribution >= 4 is 22.8 Å². The maximum Gasteiger partial charge on any atom is 0.331 e. The first kappa shape index (κ1) is 23.0. The van der Waals surface area contributed by atoms with E-state index in [2.05, 4.69) is 5.32 Å². The third-order valence-corrected chi connectivity index (χ3v) is 5.87. The Morgan fingerprint density at radius 3 is 2.28 bits per heavy atom. The number of hydrogen-bond acceptors (Lipinski definition) is 4. The summed E-state index contributed by atoms with van der Waals surface area (Å²) < 4.78 is 2.26. The number of carboxylic acid groups (broad SMARTS) is 1. The molecule has 0 unspecified atom stereocenters. The molecule has 8 heteroatoms. The standard InChI is InChI=1S/C24H27N3O5/c1-4-15(2)20(23(30)31)25-21(28)19(14-16-10-6-5-7-11-16)27-22(29)17-12-8-9-13-18(17)26(3)24(27)32/h5-13,15,19-20H,4,14H2,1-3H3,(H,25,28)(H,30,31)/t15-,19-,20-/m0/s1. The van der Waals surface area contributed by atoms with Crippen molar-refractivity contribution in [2.45, 2.75) is 38.8 Å². The third kappa shape index (κ3) is 4.49. The highest BCUT2D eigenvalue weighted by atomic mass is 16.4. The summed E-state index contributed by atoms with van der Waals surface area (Å²) in [6, 6.07) is 13.3. The van der Waals surface area contributed by atoms with Gasteiger partial charge in [0.05, 0.1) is 10.9 Å². The molecule has 0 spiro atoms. The quantitative estimate of drug-likeness (QED) is 0.561. The Hall–Kier alpha value is -3.68. The van der Waals surface area contributed by atoms with Gasteiger partial charge >= 0.3 is 11.7 Å². The molecule has 2 N–H and O–H groups in total. The van der Waals surface area contributed by atoms with Crippen LogP contribution in [0.15, 0.2) is 64.2 Å². The highest BCUT2D eigenvalue weighted by Gasteiger charge is 2.31. The average Bonchev–Trinajstić information content (AvgIpc) is 2.80. The van der Waals surface area contributed by atoms with Crippen molar-refractivity contribution in [1.29, 1.82) is 0 Å². The van der Waals surface area contributed by atoms with Crippen molar-refractivity contribution < 1.29 is 14.7 Å². The molecule has 0 aliphatic carbocycles. The summed E-state index contributed by atoms with van der Waals surface area (Å²) in [4.78, 5) is 51.6. The number of nitrogens with one attached hydrogen (secondary N) is 1. The molecule has 3 rings (SSSR count). The van der Waals surface area contributed by atoms with E-state index in [0.717, 1.165) is 10.1 Å². The van der Waals surface area contributed by atoms with Crippen LogP contribution in [0.25, 0.3) is 10.9 Å². The van der Waals surface area contributed by atoms with Crippen LogP contribution in [0.5, 0.6) is 0 Å². The highest BCUT2D eigenvalue weighted by Crippen LogP contribution is 2.16. The molecule has 0 radical (unpaired) electrons. The lowest BCUT2D eigenvalue weighted by molar-refractivity contribution is -0.143. The molecule has 1 amide bonds. The monoisotopic (exact) mass is 437 g/mol. The zero-order chi connectivity index (χ0) is 23.4. The summed E-state index contributed by atoms with van der Waals surface area (Å²) in [6.07, 6.45) is 0.602. The number of aryl methyl sites for hydroxylation is 1. The van der Waals surface area contributed by atoms with Crippen LogP contribution in [0.3, 0.4) is 0 Å². The summed E-state index contributed by atoms with van der Waals surface area (Å²) in [5, 5.41) is 12.5. The van der Waals surface area contributed by atoms with Crippen LogP contribution in [-0.2, 0) is 23.1 Å². The Balaban J connectivity index is 2.16. The minimum absolute atomic E-state index is 0.0625. The van der Waals surface area contributed by atoms with Gasteiger partial charge in [-0.2, -0.15) is 0 Å². The van der Waals surface area contributed by atoms with Crippen LogP contribution in [0.2, 0.25) is 0 Å². The molecular formula is C24H27N3O5. The number of amides is 1. The van der Waals surface area contributed by atoms with E-state index < -0.39 is 35.2 Å². The number of aromatic nitrogens is 2. The van der Waals surface area contributed by atoms with E-state index in [-0.39, 0.29) is 12.3 Å². The number of nitrogens with zero attached hydrogens (tertiary/aromatic N) is 2. The molecule has 0 aliphatic heterocycles. The molecule has 8 nitrogen and oxygen atoms in total. The van der Waals surface area contributed by atoms with Crippen molar-refractivity contribution in [2.75, 3.05) is 0 Å². The fourth-order valence-electron chi connectivity index (χ4n) is 3.77. The van der Waals surface area contributed by atoms with Gasteiger partial charge in [0.25, 0.3) is 5.56 Å². The number of rotatable bonds is 8. The Labute approximate surface area is 185 Å². The molecule has 1 aromatic heterocycles. The molecule has 0 bridgehead atoms. The predicted octanol–water partition coefficient (Wildman–Crippen LogP) is 2.10. The fourth-order valence-corrected chi connectivity index (χ4v) is 3.77. The van der Waals surface area contributed by atoms with Crippen LogP contribution in [-0.4, -0.2) is 32.2 Å². The van der Waals surface area contributed by atoms with Crippen LogP contribution < -0.4 is 16.6 Å². The largest absolute Gasteiger partial charge is 0.480 e. The average molecular weight is 437 g/mol. The van der Waals surface area contributed by atoms with Gasteiger partial charge in [0, 0.05) is 13.5 Å². The number of fused-ring (bicyclic) bond motifs is 1. The van der Waals surface area contributed by atoms with Crippen LogP contribution >= 0.6 is 0 Å². The summed E-state index contributed by atoms with van der Waals surface area (Å²) in [7, 11) is 1.54. The lowest BCUT2D eigenvalue weighted by Crippen LogP contribution is -2.52. The number of aliphatic carboxylic acids is 1. The van der Waals surface area contributed by atoms with Gasteiger partial charge in [0.15, 0.2) is 0 Å². The maximum atomic E-state index is 13.4. The van der Waals surface area contributed by atoms with Crippen LogP contribution in [0.1, 0.15) is 31.9 Å². The Bertz CT molecular complexity index is 1250. The minimum Gasteiger partial charge on any atom is -0.480 e. The first-order valence-electron chi connectivity index (χ1n) is 10.5. The predicted molar refractivity (Wildman–Crippen MR) is 122 cm³/mol. The van der Waals surface area contributed by atoms with E-state index in [0.29, 0.717) is 17.3 Å². The molecule has 1 heterocycles. The SMILES string of the molecule is CC[C@H](C)[C@H](NC(=O)[C@H](Cc1ccccc1)n1c(=O)c2ccccc2n(C)c1=O)C(=O)O. The maximum absolute atomic E-state index is 13.4. The second-order valence-electron chi connectivity index (χ2n) is 7.95. The summed E-state index contributed by atoms with van der Waals surface area (Å²) >= 11 is 0. The molecule has 0 saturated heterocycles. The van der Waals surface area contributed by atoms with Crippen molar-refractivity contribution in [3.8, 4) is 0 Å². The van der Waals surface area contributed by atoms with Gasteiger partial charge < -0.3 is 10.4 Å². The highest BCUT2D eigenvalue weighted by molar-refractivity contribution is 5.87. The van der Waals surface area contributed by atoms with Gasteiger partial charge in [0.2, 0.25) is 5.91 Å². The smallest absolute Gasteiger partial charge is 0.331 e. The molecule has 32 heavy (non-hydrogen) atoms. The first-order valence-corrected chi connectivity index (χ1v) is 10.5. The topological polar surface area (TPSA) is 110 Å². The Morgan fingerprint density at radius 1 is 1.03 bits per heavy atom. The molecule has 0 fully saturated rings. The first-order chi connectivity index (χ1) is 15.3. The lowest BCUT2D eigenvalue weighted by Gasteiger charge is -2.25. The van der Waals surface area contributed by atoms with Crippen LogP contribution in [0.4, 0.5) is 0 Å². The van der Waals surface area contributed by atoms with Gasteiger partial charge in [-0.3, -0.25) is 14.2 Å². The number of carboxylic acids is 1. The van der Waals surface area contributed by atoms with E-state index in [1.165, 1.54) is 11.6 Å². The number of carbonyl (C=O) groups is 2. The number of hydrogen-bond donors (Lipinski definition) is 2. The molecule has 3 atom stereocenters. The van der Waals surface area contributed by atoms with Gasteiger partial charge in [-0.15, -0.1) is 0 Å². The van der Waals surface area contributed by atoms with Crippen molar-refractivity contribution in [2.24, 2.45) is 13.0 Å². The normalized spacial score (nSPS) is 14.0. The second kappa shape index (κ2) is 9.64. The van der Waals surface area contributed by atoms with Crippen LogP contribution in [0, 0.1) is 5.92 Å². The minimum atomic E-state index is -1.21. The molecule has 3 aromatic rings. The van der Waals surface area contributed by atoms with Gasteiger partial charge in [0.1, 0.15) is 12.1 Å². The van der Waals surface area contributed by atoms with E-state index in [4.69, 9.17) is 0 Å². The zero-order valence-corrected chi connectivity index (χ0v) is 18.3. The van der Waals surface area contributed by atoms with E-state index in [1.807, 2.05) is 13.0 Å². The Kier molecular flexibility index (Phi) is 6.92. The van der Waals surface area contributed by atoms with Gasteiger partial charge in [-0.05, 0) is 23.6 Å². The van der Waals surface area contributed by atoms with Gasteiger partial charge in [-0.25, -0.2) is 14.2 Å². The van der Waals surface area contributed by atoms with E-state index in [9.17, 15) is 24.3 Å². The van der Waals surface area contributed by atoms with Crippen molar-refractivity contribution in [1.82, 2.24) is 14.5 Å². The van der Waals surface area contributed by atoms with Gasteiger partial charge in [-0.1, -0.05) is 62.7 Å². The van der Waals surface area contributed by atoms with Crippen molar-refractivity contribution in [3.63, 3.8) is 0 Å². The number of carbonyl (C=O) groups excluding carboxylic acids is 1. The lowest BCUT2D eigenvalue weighted by atomic mass is 9.98.